The first kappa shape index (κ1) is 13.8. The number of rotatable bonds is 3. The molecule has 0 bridgehead atoms. The highest BCUT2D eigenvalue weighted by molar-refractivity contribution is 7.15. The van der Waals surface area contributed by atoms with E-state index in [4.69, 9.17) is 0 Å². The van der Waals surface area contributed by atoms with Crippen LogP contribution in [0.1, 0.15) is 23.6 Å². The van der Waals surface area contributed by atoms with E-state index in [1.807, 2.05) is 18.5 Å². The number of aromatic nitrogens is 2. The van der Waals surface area contributed by atoms with Gasteiger partial charge in [-0.1, -0.05) is 11.3 Å². The van der Waals surface area contributed by atoms with E-state index >= 15 is 0 Å². The Hall–Kier alpha value is -1.18. The third-order valence-corrected chi connectivity index (χ3v) is 5.66. The lowest BCUT2D eigenvalue weighted by Gasteiger charge is -2.34. The van der Waals surface area contributed by atoms with Gasteiger partial charge in [-0.3, -0.25) is 0 Å². The standard InChI is InChI=1S/C13H18N4OS2/c1-9-11(10(2)18)20-13(15-9)17-6-4-16(5-7-17)12-14-3-8-19-12/h3,8,10,18H,4-7H2,1-2H3. The van der Waals surface area contributed by atoms with Gasteiger partial charge in [-0.2, -0.15) is 0 Å². The van der Waals surface area contributed by atoms with E-state index < -0.39 is 6.10 Å². The Bertz CT molecular complexity index is 559. The summed E-state index contributed by atoms with van der Waals surface area (Å²) in [5.74, 6) is 0. The van der Waals surface area contributed by atoms with Crippen LogP contribution in [0.5, 0.6) is 0 Å². The van der Waals surface area contributed by atoms with E-state index in [2.05, 4.69) is 19.8 Å². The van der Waals surface area contributed by atoms with E-state index in [1.165, 1.54) is 0 Å². The lowest BCUT2D eigenvalue weighted by Crippen LogP contribution is -2.46. The SMILES string of the molecule is Cc1nc(N2CCN(c3nccs3)CC2)sc1C(C)O. The molecule has 0 radical (unpaired) electrons. The van der Waals surface area contributed by atoms with Crippen LogP contribution in [-0.4, -0.2) is 41.3 Å². The van der Waals surface area contributed by atoms with E-state index in [9.17, 15) is 5.11 Å². The van der Waals surface area contributed by atoms with E-state index in [0.717, 1.165) is 47.0 Å². The first-order valence-electron chi connectivity index (χ1n) is 6.70. The molecule has 3 heterocycles. The molecule has 1 atom stereocenters. The van der Waals surface area contributed by atoms with Crippen molar-refractivity contribution < 1.29 is 5.11 Å². The van der Waals surface area contributed by atoms with Crippen LogP contribution in [0.2, 0.25) is 0 Å². The number of piperazine rings is 1. The van der Waals surface area contributed by atoms with Gasteiger partial charge in [0, 0.05) is 37.8 Å². The van der Waals surface area contributed by atoms with Crippen LogP contribution in [0.15, 0.2) is 11.6 Å². The van der Waals surface area contributed by atoms with Gasteiger partial charge in [0.05, 0.1) is 16.7 Å². The number of aliphatic hydroxyl groups excluding tert-OH is 1. The highest BCUT2D eigenvalue weighted by Crippen LogP contribution is 2.31. The minimum atomic E-state index is -0.433. The minimum absolute atomic E-state index is 0.433. The van der Waals surface area contributed by atoms with Gasteiger partial charge in [-0.05, 0) is 13.8 Å². The number of aliphatic hydroxyl groups is 1. The highest BCUT2D eigenvalue weighted by atomic mass is 32.1. The fourth-order valence-electron chi connectivity index (χ4n) is 2.38. The number of nitrogens with zero attached hydrogens (tertiary/aromatic N) is 4. The Morgan fingerprint density at radius 2 is 1.85 bits per heavy atom. The second kappa shape index (κ2) is 5.67. The van der Waals surface area contributed by atoms with Gasteiger partial charge in [-0.25, -0.2) is 9.97 Å². The van der Waals surface area contributed by atoms with E-state index in [1.54, 1.807) is 29.6 Å². The number of thiazole rings is 2. The third kappa shape index (κ3) is 2.65. The van der Waals surface area contributed by atoms with Gasteiger partial charge >= 0.3 is 0 Å². The van der Waals surface area contributed by atoms with Crippen molar-refractivity contribution in [3.63, 3.8) is 0 Å². The van der Waals surface area contributed by atoms with Crippen molar-refractivity contribution in [2.24, 2.45) is 0 Å². The molecule has 0 amide bonds. The summed E-state index contributed by atoms with van der Waals surface area (Å²) in [5.41, 5.74) is 0.947. The second-order valence-electron chi connectivity index (χ2n) is 4.91. The maximum Gasteiger partial charge on any atom is 0.185 e. The molecule has 2 aromatic heterocycles. The molecule has 1 aliphatic heterocycles. The maximum atomic E-state index is 9.72. The minimum Gasteiger partial charge on any atom is -0.388 e. The zero-order valence-corrected chi connectivity index (χ0v) is 13.2. The summed E-state index contributed by atoms with van der Waals surface area (Å²) in [6.07, 6.45) is 1.42. The predicted molar refractivity (Wildman–Crippen MR) is 84.0 cm³/mol. The molecule has 3 rings (SSSR count). The summed E-state index contributed by atoms with van der Waals surface area (Å²) in [4.78, 5) is 14.5. The van der Waals surface area contributed by atoms with Crippen LogP contribution in [-0.2, 0) is 0 Å². The third-order valence-electron chi connectivity index (χ3n) is 3.44. The number of aryl methyl sites for hydroxylation is 1. The fourth-order valence-corrected chi connectivity index (χ4v) is 4.13. The lowest BCUT2D eigenvalue weighted by atomic mass is 10.3. The van der Waals surface area contributed by atoms with Gasteiger partial charge < -0.3 is 14.9 Å². The van der Waals surface area contributed by atoms with Crippen LogP contribution in [0.25, 0.3) is 0 Å². The molecule has 0 aromatic carbocycles. The summed E-state index contributed by atoms with van der Waals surface area (Å²) in [6.45, 7) is 7.60. The van der Waals surface area contributed by atoms with Crippen molar-refractivity contribution >= 4 is 32.9 Å². The summed E-state index contributed by atoms with van der Waals surface area (Å²) in [5, 5.41) is 13.9. The Morgan fingerprint density at radius 3 is 2.35 bits per heavy atom. The first-order valence-corrected chi connectivity index (χ1v) is 8.39. The van der Waals surface area contributed by atoms with Gasteiger partial charge in [-0.15, -0.1) is 11.3 Å². The van der Waals surface area contributed by atoms with Crippen molar-refractivity contribution in [1.82, 2.24) is 9.97 Å². The van der Waals surface area contributed by atoms with Crippen LogP contribution in [0.4, 0.5) is 10.3 Å². The second-order valence-corrected chi connectivity index (χ2v) is 6.79. The average molecular weight is 310 g/mol. The summed E-state index contributed by atoms with van der Waals surface area (Å²) in [7, 11) is 0. The topological polar surface area (TPSA) is 52.5 Å². The average Bonchev–Trinajstić information content (AvgIpc) is 3.08. The molecular weight excluding hydrogens is 292 g/mol. The predicted octanol–water partition coefficient (Wildman–Crippen LogP) is 2.29. The molecule has 2 aromatic rings. The summed E-state index contributed by atoms with van der Waals surface area (Å²) >= 11 is 3.29. The fraction of sp³-hybridized carbons (Fsp3) is 0.538. The molecular formula is C13H18N4OS2. The van der Waals surface area contributed by atoms with E-state index in [-0.39, 0.29) is 0 Å². The largest absolute Gasteiger partial charge is 0.388 e. The van der Waals surface area contributed by atoms with Crippen molar-refractivity contribution in [3.05, 3.63) is 22.1 Å². The van der Waals surface area contributed by atoms with Gasteiger partial charge in [0.15, 0.2) is 10.3 Å². The molecule has 108 valence electrons. The molecule has 0 saturated carbocycles. The van der Waals surface area contributed by atoms with Crippen molar-refractivity contribution in [3.8, 4) is 0 Å². The van der Waals surface area contributed by atoms with Crippen LogP contribution in [0.3, 0.4) is 0 Å². The van der Waals surface area contributed by atoms with Gasteiger partial charge in [0.25, 0.3) is 0 Å². The molecule has 0 aliphatic carbocycles. The number of anilines is 2. The van der Waals surface area contributed by atoms with Crippen LogP contribution in [0, 0.1) is 6.92 Å². The zero-order chi connectivity index (χ0) is 14.1. The van der Waals surface area contributed by atoms with Gasteiger partial charge in [0.2, 0.25) is 0 Å². The summed E-state index contributed by atoms with van der Waals surface area (Å²) < 4.78 is 0. The molecule has 7 heteroatoms. The Morgan fingerprint density at radius 1 is 1.20 bits per heavy atom. The zero-order valence-electron chi connectivity index (χ0n) is 11.6. The molecule has 1 fully saturated rings. The first-order chi connectivity index (χ1) is 9.65. The van der Waals surface area contributed by atoms with E-state index in [0.29, 0.717) is 0 Å². The maximum absolute atomic E-state index is 9.72. The highest BCUT2D eigenvalue weighted by Gasteiger charge is 2.22. The lowest BCUT2D eigenvalue weighted by molar-refractivity contribution is 0.202. The van der Waals surface area contributed by atoms with Crippen molar-refractivity contribution in [2.75, 3.05) is 36.0 Å². The molecule has 1 saturated heterocycles. The molecule has 1 N–H and O–H groups in total. The number of hydrogen-bond acceptors (Lipinski definition) is 7. The molecule has 1 aliphatic rings. The number of hydrogen-bond donors (Lipinski definition) is 1. The molecule has 5 nitrogen and oxygen atoms in total. The Balaban J connectivity index is 1.67. The molecule has 20 heavy (non-hydrogen) atoms. The Kier molecular flexibility index (Phi) is 3.91. The summed E-state index contributed by atoms with van der Waals surface area (Å²) in [6, 6.07) is 0. The molecule has 1 unspecified atom stereocenters. The van der Waals surface area contributed by atoms with Crippen molar-refractivity contribution in [1.29, 1.82) is 0 Å². The normalized spacial score (nSPS) is 17.6. The Labute approximate surface area is 126 Å². The van der Waals surface area contributed by atoms with Crippen LogP contribution < -0.4 is 9.80 Å². The van der Waals surface area contributed by atoms with Crippen LogP contribution >= 0.6 is 22.7 Å². The van der Waals surface area contributed by atoms with Gasteiger partial charge in [0.1, 0.15) is 0 Å². The molecule has 0 spiro atoms. The van der Waals surface area contributed by atoms with Crippen molar-refractivity contribution in [2.45, 2.75) is 20.0 Å². The monoisotopic (exact) mass is 310 g/mol. The quantitative estimate of drug-likeness (QED) is 0.942. The smallest absolute Gasteiger partial charge is 0.185 e.